The third-order valence-corrected chi connectivity index (χ3v) is 4.01. The largest absolute Gasteiger partial charge is 0.506 e. The van der Waals surface area contributed by atoms with Crippen LogP contribution in [-0.2, 0) is 0 Å². The number of hydrogen-bond acceptors (Lipinski definition) is 3. The molecule has 0 unspecified atom stereocenters. The van der Waals surface area contributed by atoms with Crippen LogP contribution in [-0.4, -0.2) is 31.3 Å². The van der Waals surface area contributed by atoms with Crippen LogP contribution in [0, 0.1) is 6.92 Å². The number of anilines is 1. The lowest BCUT2D eigenvalue weighted by Crippen LogP contribution is -2.08. The Balaban J connectivity index is 0.00000192. The summed E-state index contributed by atoms with van der Waals surface area (Å²) >= 11 is 0. The Morgan fingerprint density at radius 3 is 2.48 bits per heavy atom. The molecule has 0 amide bonds. The number of H-pyrrole nitrogens is 1. The van der Waals surface area contributed by atoms with Crippen molar-refractivity contribution in [1.82, 2.24) is 4.98 Å². The smallest absolute Gasteiger partial charge is 0.138 e. The zero-order valence-corrected chi connectivity index (χ0v) is 14.5. The van der Waals surface area contributed by atoms with Crippen LogP contribution in [0.3, 0.4) is 0 Å². The highest BCUT2D eigenvalue weighted by Gasteiger charge is 2.13. The maximum Gasteiger partial charge on any atom is 0.138 e. The second kappa shape index (κ2) is 6.42. The lowest BCUT2D eigenvalue weighted by atomic mass is 10.1. The number of hydrogen-bond donors (Lipinski definition) is 2. The molecule has 0 spiro atoms. The van der Waals surface area contributed by atoms with Gasteiger partial charge in [0.2, 0.25) is 0 Å². The second-order valence-corrected chi connectivity index (χ2v) is 5.63. The van der Waals surface area contributed by atoms with Crippen molar-refractivity contribution in [2.45, 2.75) is 6.92 Å². The lowest BCUT2D eigenvalue weighted by Gasteiger charge is -2.15. The normalized spacial score (nSPS) is 10.4. The molecule has 1 aromatic heterocycles. The molecule has 0 aliphatic heterocycles. The number of phenols is 1. The second-order valence-electron chi connectivity index (χ2n) is 5.63. The number of ether oxygens (including phenoxy) is 1. The predicted octanol–water partition coefficient (Wildman–Crippen LogP) is 4.35. The molecule has 0 saturated carbocycles. The number of aromatic amines is 1. The topological polar surface area (TPSA) is 48.5 Å². The first kappa shape index (κ1) is 17.0. The fourth-order valence-electron chi connectivity index (χ4n) is 2.76. The molecule has 23 heavy (non-hydrogen) atoms. The highest BCUT2D eigenvalue weighted by Crippen LogP contribution is 2.35. The van der Waals surface area contributed by atoms with E-state index in [0.717, 1.165) is 33.6 Å². The molecule has 0 radical (unpaired) electrons. The minimum Gasteiger partial charge on any atom is -0.506 e. The summed E-state index contributed by atoms with van der Waals surface area (Å²) in [7, 11) is 5.51. The maximum absolute atomic E-state index is 9.96. The third-order valence-electron chi connectivity index (χ3n) is 4.01. The van der Waals surface area contributed by atoms with E-state index in [2.05, 4.69) is 11.9 Å². The van der Waals surface area contributed by atoms with Gasteiger partial charge in [-0.3, -0.25) is 0 Å². The molecular formula is C18H21ClN2O2. The number of nitrogens with zero attached hydrogens (tertiary/aromatic N) is 1. The van der Waals surface area contributed by atoms with Gasteiger partial charge in [0, 0.05) is 36.3 Å². The summed E-state index contributed by atoms with van der Waals surface area (Å²) < 4.78 is 5.30. The maximum atomic E-state index is 9.96. The Morgan fingerprint density at radius 2 is 1.83 bits per heavy atom. The number of methoxy groups -OCH3 is 1. The van der Waals surface area contributed by atoms with Crippen LogP contribution < -0.4 is 9.64 Å². The van der Waals surface area contributed by atoms with E-state index < -0.39 is 0 Å². The van der Waals surface area contributed by atoms with E-state index in [-0.39, 0.29) is 18.2 Å². The van der Waals surface area contributed by atoms with E-state index >= 15 is 0 Å². The number of aromatic nitrogens is 1. The number of aromatic hydroxyl groups is 1. The molecule has 3 rings (SSSR count). The summed E-state index contributed by atoms with van der Waals surface area (Å²) in [6, 6.07) is 11.7. The predicted molar refractivity (Wildman–Crippen MR) is 98.3 cm³/mol. The van der Waals surface area contributed by atoms with Crippen LogP contribution >= 0.6 is 12.4 Å². The molecule has 5 heteroatoms. The van der Waals surface area contributed by atoms with Crippen molar-refractivity contribution in [2.75, 3.05) is 26.1 Å². The van der Waals surface area contributed by atoms with Crippen molar-refractivity contribution < 1.29 is 9.84 Å². The van der Waals surface area contributed by atoms with Gasteiger partial charge < -0.3 is 19.7 Å². The number of rotatable bonds is 3. The molecule has 0 aliphatic rings. The van der Waals surface area contributed by atoms with E-state index in [4.69, 9.17) is 4.74 Å². The monoisotopic (exact) mass is 332 g/mol. The standard InChI is InChI=1S/C18H20N2O2.ClH/c1-11-14-10-13(22-4)6-7-15(14)19-18(11)12-5-8-17(21)16(9-12)20(2)3;/h5-10,19,21H,1-4H3;1H. The van der Waals surface area contributed by atoms with E-state index in [1.165, 1.54) is 5.56 Å². The Morgan fingerprint density at radius 1 is 1.09 bits per heavy atom. The molecule has 1 heterocycles. The minimum atomic E-state index is 0. The number of nitrogens with one attached hydrogen (secondary N) is 1. The van der Waals surface area contributed by atoms with Crippen molar-refractivity contribution in [3.8, 4) is 22.8 Å². The molecule has 2 N–H and O–H groups in total. The molecule has 0 aliphatic carbocycles. The number of aryl methyl sites for hydroxylation is 1. The van der Waals surface area contributed by atoms with Crippen molar-refractivity contribution in [3.05, 3.63) is 42.0 Å². The van der Waals surface area contributed by atoms with Gasteiger partial charge in [0.25, 0.3) is 0 Å². The van der Waals surface area contributed by atoms with Crippen molar-refractivity contribution in [2.24, 2.45) is 0 Å². The molecule has 3 aromatic rings. The summed E-state index contributed by atoms with van der Waals surface area (Å²) in [6.45, 7) is 2.09. The van der Waals surface area contributed by atoms with Crippen LogP contribution in [0.1, 0.15) is 5.56 Å². The summed E-state index contributed by atoms with van der Waals surface area (Å²) in [5.41, 5.74) is 5.16. The van der Waals surface area contributed by atoms with Crippen LogP contribution in [0.15, 0.2) is 36.4 Å². The first-order valence-corrected chi connectivity index (χ1v) is 7.18. The molecule has 2 aromatic carbocycles. The van der Waals surface area contributed by atoms with E-state index in [0.29, 0.717) is 0 Å². The van der Waals surface area contributed by atoms with Crippen molar-refractivity contribution in [1.29, 1.82) is 0 Å². The van der Waals surface area contributed by atoms with Gasteiger partial charge >= 0.3 is 0 Å². The van der Waals surface area contributed by atoms with Gasteiger partial charge in [-0.25, -0.2) is 0 Å². The molecular weight excluding hydrogens is 312 g/mol. The van der Waals surface area contributed by atoms with Gasteiger partial charge in [-0.1, -0.05) is 0 Å². The number of benzene rings is 2. The average molecular weight is 333 g/mol. The Labute approximate surface area is 142 Å². The van der Waals surface area contributed by atoms with Gasteiger partial charge in [-0.2, -0.15) is 0 Å². The van der Waals surface area contributed by atoms with Crippen LogP contribution in [0.2, 0.25) is 0 Å². The molecule has 0 saturated heterocycles. The molecule has 0 atom stereocenters. The van der Waals surface area contributed by atoms with Crippen LogP contribution in [0.5, 0.6) is 11.5 Å². The van der Waals surface area contributed by atoms with E-state index in [9.17, 15) is 5.11 Å². The zero-order valence-electron chi connectivity index (χ0n) is 13.7. The highest BCUT2D eigenvalue weighted by atomic mass is 35.5. The van der Waals surface area contributed by atoms with Crippen LogP contribution in [0.4, 0.5) is 5.69 Å². The molecule has 0 bridgehead atoms. The number of halogens is 1. The van der Waals surface area contributed by atoms with Gasteiger partial charge in [-0.05, 0) is 48.9 Å². The van der Waals surface area contributed by atoms with Gasteiger partial charge in [0.05, 0.1) is 12.8 Å². The summed E-state index contributed by atoms with van der Waals surface area (Å²) in [5.74, 6) is 1.13. The fraction of sp³-hybridized carbons (Fsp3) is 0.222. The first-order valence-electron chi connectivity index (χ1n) is 7.18. The molecule has 4 nitrogen and oxygen atoms in total. The van der Waals surface area contributed by atoms with Crippen molar-refractivity contribution in [3.63, 3.8) is 0 Å². The summed E-state index contributed by atoms with van der Waals surface area (Å²) in [4.78, 5) is 5.36. The molecule has 122 valence electrons. The van der Waals surface area contributed by atoms with Crippen LogP contribution in [0.25, 0.3) is 22.2 Å². The highest BCUT2D eigenvalue weighted by molar-refractivity contribution is 5.92. The Hall–Kier alpha value is -2.33. The summed E-state index contributed by atoms with van der Waals surface area (Å²) in [5, 5.41) is 11.1. The quantitative estimate of drug-likeness (QED) is 0.749. The van der Waals surface area contributed by atoms with E-state index in [1.54, 1.807) is 13.2 Å². The third kappa shape index (κ3) is 2.94. The summed E-state index contributed by atoms with van der Waals surface area (Å²) in [6.07, 6.45) is 0. The lowest BCUT2D eigenvalue weighted by molar-refractivity contribution is 0.415. The van der Waals surface area contributed by atoms with Gasteiger partial charge in [0.15, 0.2) is 0 Å². The molecule has 0 fully saturated rings. The van der Waals surface area contributed by atoms with Gasteiger partial charge in [-0.15, -0.1) is 12.4 Å². The first-order chi connectivity index (χ1) is 10.5. The fourth-order valence-corrected chi connectivity index (χ4v) is 2.76. The average Bonchev–Trinajstić information content (AvgIpc) is 2.84. The van der Waals surface area contributed by atoms with Gasteiger partial charge in [0.1, 0.15) is 11.5 Å². The Bertz CT molecular complexity index is 840. The van der Waals surface area contributed by atoms with E-state index in [1.807, 2.05) is 49.3 Å². The van der Waals surface area contributed by atoms with Crippen molar-refractivity contribution >= 4 is 29.0 Å². The number of fused-ring (bicyclic) bond motifs is 1. The zero-order chi connectivity index (χ0) is 15.9. The number of phenolic OH excluding ortho intramolecular Hbond substituents is 1. The Kier molecular flexibility index (Phi) is 4.76. The minimum absolute atomic E-state index is 0. The SMILES string of the molecule is COc1ccc2[nH]c(-c3ccc(O)c(N(C)C)c3)c(C)c2c1.Cl.